The molecule has 0 amide bonds. The first kappa shape index (κ1) is 18.7. The van der Waals surface area contributed by atoms with Crippen molar-refractivity contribution in [3.05, 3.63) is 87.4 Å². The molecule has 158 valence electrons. The Bertz CT molecular complexity index is 1980. The molecular weight excluding hydrogens is 452 g/mol. The van der Waals surface area contributed by atoms with Crippen LogP contribution in [0.4, 0.5) is 0 Å². The van der Waals surface area contributed by atoms with E-state index in [1.807, 2.05) is 54.6 Å². The van der Waals surface area contributed by atoms with Gasteiger partial charge in [0, 0.05) is 30.9 Å². The highest BCUT2D eigenvalue weighted by atomic mass is 32.1. The van der Waals surface area contributed by atoms with Crippen molar-refractivity contribution in [2.75, 3.05) is 7.11 Å². The largest absolute Gasteiger partial charge is 0.497 e. The zero-order valence-electron chi connectivity index (χ0n) is 17.3. The summed E-state index contributed by atoms with van der Waals surface area (Å²) >= 11 is 2.98. The monoisotopic (exact) mass is 466 g/mol. The maximum Gasteiger partial charge on any atom is 0.267 e. The van der Waals surface area contributed by atoms with Crippen LogP contribution < -0.4 is 15.9 Å². The first-order chi connectivity index (χ1) is 16.1. The molecule has 7 heteroatoms. The van der Waals surface area contributed by atoms with Crippen molar-refractivity contribution in [2.45, 2.75) is 0 Å². The van der Waals surface area contributed by atoms with Crippen LogP contribution in [0.5, 0.6) is 5.75 Å². The number of aromatic nitrogens is 2. The number of rotatable bonds is 2. The van der Waals surface area contributed by atoms with Crippen molar-refractivity contribution >= 4 is 74.6 Å². The molecule has 0 fully saturated rings. The van der Waals surface area contributed by atoms with Crippen molar-refractivity contribution in [2.24, 2.45) is 0 Å². The quantitative estimate of drug-likeness (QED) is 0.234. The van der Waals surface area contributed by atoms with Crippen LogP contribution in [-0.4, -0.2) is 16.7 Å². The predicted octanol–water partition coefficient (Wildman–Crippen LogP) is 5.93. The lowest BCUT2D eigenvalue weighted by atomic mass is 9.98. The van der Waals surface area contributed by atoms with Crippen LogP contribution in [0.3, 0.4) is 0 Å². The molecule has 33 heavy (non-hydrogen) atoms. The van der Waals surface area contributed by atoms with Crippen LogP contribution in [-0.2, 0) is 0 Å². The molecule has 0 radical (unpaired) electrons. The number of ether oxygens (including phenoxy) is 1. The van der Waals surface area contributed by atoms with Gasteiger partial charge in [-0.05, 0) is 53.2 Å². The lowest BCUT2D eigenvalue weighted by Gasteiger charge is -2.13. The molecule has 0 N–H and O–H groups in total. The van der Waals surface area contributed by atoms with Crippen LogP contribution in [0.15, 0.2) is 76.3 Å². The first-order valence-electron chi connectivity index (χ1n) is 10.3. The Labute approximate surface area is 194 Å². The van der Waals surface area contributed by atoms with Gasteiger partial charge in [0.05, 0.1) is 17.3 Å². The van der Waals surface area contributed by atoms with E-state index in [1.165, 1.54) is 20.6 Å². The summed E-state index contributed by atoms with van der Waals surface area (Å²) in [5.41, 5.74) is 0.0395. The summed E-state index contributed by atoms with van der Waals surface area (Å²) in [5.74, 6) is 0.705. The fraction of sp³-hybridized carbons (Fsp3) is 0.0385. The summed E-state index contributed by atoms with van der Waals surface area (Å²) < 4.78 is 9.60. The normalized spacial score (nSPS) is 12.0. The van der Waals surface area contributed by atoms with E-state index in [0.717, 1.165) is 36.5 Å². The highest BCUT2D eigenvalue weighted by Crippen LogP contribution is 2.39. The lowest BCUT2D eigenvalue weighted by molar-refractivity contribution is 0.415. The van der Waals surface area contributed by atoms with Crippen molar-refractivity contribution in [3.8, 4) is 10.9 Å². The van der Waals surface area contributed by atoms with E-state index in [9.17, 15) is 9.59 Å². The Morgan fingerprint density at radius 2 is 1.48 bits per heavy atom. The molecule has 0 aliphatic carbocycles. The molecule has 7 aromatic rings. The minimum absolute atomic E-state index is 0.342. The molecular formula is C26H14N2O3S2. The second-order valence-corrected chi connectivity index (χ2v) is 9.99. The highest BCUT2D eigenvalue weighted by Gasteiger charge is 2.20. The van der Waals surface area contributed by atoms with E-state index in [2.05, 4.69) is 17.1 Å². The Kier molecular flexibility index (Phi) is 3.75. The zero-order chi connectivity index (χ0) is 22.3. The molecule has 0 spiro atoms. The number of fused-ring (bicyclic) bond motifs is 3. The zero-order valence-corrected chi connectivity index (χ0v) is 18.9. The van der Waals surface area contributed by atoms with Crippen molar-refractivity contribution < 1.29 is 4.74 Å². The summed E-state index contributed by atoms with van der Waals surface area (Å²) in [6, 6.07) is 21.4. The van der Waals surface area contributed by atoms with Crippen molar-refractivity contribution in [1.29, 1.82) is 0 Å². The van der Waals surface area contributed by atoms with Gasteiger partial charge in [0.25, 0.3) is 11.1 Å². The molecule has 3 aromatic heterocycles. The minimum atomic E-state index is -0.342. The van der Waals surface area contributed by atoms with Crippen molar-refractivity contribution in [1.82, 2.24) is 9.55 Å². The van der Waals surface area contributed by atoms with E-state index in [0.29, 0.717) is 21.7 Å². The smallest absolute Gasteiger partial charge is 0.267 e. The third kappa shape index (κ3) is 2.49. The van der Waals surface area contributed by atoms with E-state index >= 15 is 0 Å². The second-order valence-electron chi connectivity index (χ2n) is 7.90. The molecule has 0 aliphatic rings. The molecule has 0 unspecified atom stereocenters. The van der Waals surface area contributed by atoms with Gasteiger partial charge in [0.2, 0.25) is 5.13 Å². The number of benzene rings is 4. The SMILES string of the molecule is COc1ccc2nc(-n3c(=O)c4ccc5sc6ccccc6c6ccc(c3=O)c4c56)sc2c1. The molecule has 7 rings (SSSR count). The van der Waals surface area contributed by atoms with Crippen molar-refractivity contribution in [3.63, 3.8) is 0 Å². The predicted molar refractivity (Wildman–Crippen MR) is 137 cm³/mol. The average molecular weight is 467 g/mol. The molecule has 0 bridgehead atoms. The summed E-state index contributed by atoms with van der Waals surface area (Å²) in [5, 5.41) is 5.32. The maximum absolute atomic E-state index is 13.6. The van der Waals surface area contributed by atoms with Crippen LogP contribution in [0.2, 0.25) is 0 Å². The summed E-state index contributed by atoms with van der Waals surface area (Å²) in [6.07, 6.45) is 0. The van der Waals surface area contributed by atoms with Gasteiger partial charge in [-0.25, -0.2) is 9.55 Å². The number of hydrogen-bond donors (Lipinski definition) is 0. The molecule has 5 nitrogen and oxygen atoms in total. The van der Waals surface area contributed by atoms with Gasteiger partial charge in [-0.3, -0.25) is 9.59 Å². The number of nitrogens with zero attached hydrogens (tertiary/aromatic N) is 2. The maximum atomic E-state index is 13.6. The molecule has 0 saturated carbocycles. The van der Waals surface area contributed by atoms with E-state index in [1.54, 1.807) is 18.4 Å². The van der Waals surface area contributed by atoms with Crippen LogP contribution in [0.1, 0.15) is 0 Å². The minimum Gasteiger partial charge on any atom is -0.497 e. The number of methoxy groups -OCH3 is 1. The first-order valence-corrected chi connectivity index (χ1v) is 12.0. The number of hydrogen-bond acceptors (Lipinski definition) is 6. The number of thiazole rings is 1. The lowest BCUT2D eigenvalue weighted by Crippen LogP contribution is -2.31. The molecule has 0 atom stereocenters. The van der Waals surface area contributed by atoms with E-state index in [4.69, 9.17) is 4.74 Å². The molecule has 0 aliphatic heterocycles. The standard InChI is InChI=1S/C26H14N2O3S2/c1-31-13-6-10-18-21(12-13)33-26(27-18)28-24(29)16-8-7-15-14-4-2-3-5-19(14)32-20-11-9-17(25(28)30)22(16)23(15)20/h2-12H,1H3. The van der Waals surface area contributed by atoms with E-state index in [-0.39, 0.29) is 11.1 Å². The Hall–Kier alpha value is -3.81. The van der Waals surface area contributed by atoms with Gasteiger partial charge in [-0.1, -0.05) is 35.6 Å². The molecule has 4 aromatic carbocycles. The van der Waals surface area contributed by atoms with Crippen LogP contribution in [0.25, 0.3) is 57.1 Å². The molecule has 0 saturated heterocycles. The van der Waals surface area contributed by atoms with Crippen LogP contribution in [0, 0.1) is 0 Å². The summed E-state index contributed by atoms with van der Waals surface area (Å²) in [7, 11) is 1.60. The third-order valence-corrected chi connectivity index (χ3v) is 8.30. The van der Waals surface area contributed by atoms with Gasteiger partial charge in [0.15, 0.2) is 0 Å². The van der Waals surface area contributed by atoms with Gasteiger partial charge < -0.3 is 4.74 Å². The Morgan fingerprint density at radius 1 is 0.727 bits per heavy atom. The van der Waals surface area contributed by atoms with Gasteiger partial charge >= 0.3 is 0 Å². The fourth-order valence-electron chi connectivity index (χ4n) is 4.65. The number of pyridine rings is 1. The Balaban J connectivity index is 1.62. The van der Waals surface area contributed by atoms with Gasteiger partial charge in [-0.2, -0.15) is 0 Å². The summed E-state index contributed by atoms with van der Waals surface area (Å²) in [6.45, 7) is 0. The van der Waals surface area contributed by atoms with Crippen LogP contribution >= 0.6 is 22.7 Å². The highest BCUT2D eigenvalue weighted by molar-refractivity contribution is 7.25. The average Bonchev–Trinajstić information content (AvgIpc) is 3.26. The Morgan fingerprint density at radius 3 is 2.30 bits per heavy atom. The van der Waals surface area contributed by atoms with E-state index < -0.39 is 0 Å². The van der Waals surface area contributed by atoms with Gasteiger partial charge in [0.1, 0.15) is 5.75 Å². The molecule has 3 heterocycles. The fourth-order valence-corrected chi connectivity index (χ4v) is 6.76. The topological polar surface area (TPSA) is 61.2 Å². The summed E-state index contributed by atoms with van der Waals surface area (Å²) in [4.78, 5) is 31.8. The second kappa shape index (κ2) is 6.60. The van der Waals surface area contributed by atoms with Gasteiger partial charge in [-0.15, -0.1) is 11.3 Å². The third-order valence-electron chi connectivity index (χ3n) is 6.16.